The van der Waals surface area contributed by atoms with Crippen molar-refractivity contribution in [3.63, 3.8) is 0 Å². The number of ether oxygens (including phenoxy) is 4. The Morgan fingerprint density at radius 3 is 2.51 bits per heavy atom. The van der Waals surface area contributed by atoms with E-state index in [4.69, 9.17) is 30.5 Å². The van der Waals surface area contributed by atoms with E-state index in [0.29, 0.717) is 77.6 Å². The first-order chi connectivity index (χ1) is 26.5. The quantitative estimate of drug-likeness (QED) is 0.137. The van der Waals surface area contributed by atoms with Crippen LogP contribution in [0.1, 0.15) is 83.7 Å². The molecule has 2 heterocycles. The number of rotatable bonds is 13. The molecule has 2 amide bonds. The Bertz CT molecular complexity index is 1990. The molecule has 0 radical (unpaired) electrons. The van der Waals surface area contributed by atoms with Gasteiger partial charge in [0.05, 0.1) is 49.4 Å². The lowest BCUT2D eigenvalue weighted by molar-refractivity contribution is -0.159. The Morgan fingerprint density at radius 2 is 1.80 bits per heavy atom. The highest BCUT2D eigenvalue weighted by Gasteiger charge is 2.44. The monoisotopic (exact) mass is 750 g/mol. The van der Waals surface area contributed by atoms with Crippen LogP contribution >= 0.6 is 0 Å². The summed E-state index contributed by atoms with van der Waals surface area (Å²) in [6, 6.07) is 17.9. The second kappa shape index (κ2) is 17.2. The van der Waals surface area contributed by atoms with Gasteiger partial charge in [0.15, 0.2) is 0 Å². The number of nitrogens with zero attached hydrogens (tertiary/aromatic N) is 4. The summed E-state index contributed by atoms with van der Waals surface area (Å²) in [5.41, 5.74) is 10.8. The van der Waals surface area contributed by atoms with E-state index < -0.39 is 23.8 Å². The van der Waals surface area contributed by atoms with Gasteiger partial charge in [-0.3, -0.25) is 14.4 Å². The van der Waals surface area contributed by atoms with E-state index in [2.05, 4.69) is 6.07 Å². The van der Waals surface area contributed by atoms with E-state index in [9.17, 15) is 19.6 Å². The highest BCUT2D eigenvalue weighted by Crippen LogP contribution is 2.43. The third kappa shape index (κ3) is 8.34. The summed E-state index contributed by atoms with van der Waals surface area (Å²) in [4.78, 5) is 46.1. The van der Waals surface area contributed by atoms with Gasteiger partial charge >= 0.3 is 5.97 Å². The number of fused-ring (bicyclic) bond motifs is 2. The van der Waals surface area contributed by atoms with Gasteiger partial charge in [0.1, 0.15) is 30.5 Å². The SMILES string of the molecule is COc1ccc(COC(=O)C2CCCCC2C(=O)N2CCc3c(C#N)ccc(OC/C(N)=C/N(N)C(C)C)c3[C@H]2CN2Cc3ccccc3C2=O)c(OC)c1. The number of hydrogen-bond acceptors (Lipinski definition) is 11. The minimum atomic E-state index is -0.674. The van der Waals surface area contributed by atoms with Gasteiger partial charge in [0, 0.05) is 54.6 Å². The number of esters is 1. The summed E-state index contributed by atoms with van der Waals surface area (Å²) < 4.78 is 23.0. The zero-order valence-corrected chi connectivity index (χ0v) is 32.0. The normalized spacial score (nSPS) is 19.3. The van der Waals surface area contributed by atoms with Crippen molar-refractivity contribution < 1.29 is 33.3 Å². The fourth-order valence-corrected chi connectivity index (χ4v) is 7.86. The Kier molecular flexibility index (Phi) is 12.2. The van der Waals surface area contributed by atoms with Crippen LogP contribution in [0.4, 0.5) is 0 Å². The molecule has 0 bridgehead atoms. The molecule has 6 rings (SSSR count). The number of benzene rings is 3. The highest BCUT2D eigenvalue weighted by molar-refractivity contribution is 5.98. The lowest BCUT2D eigenvalue weighted by atomic mass is 9.77. The van der Waals surface area contributed by atoms with Crippen LogP contribution < -0.4 is 25.8 Å². The molecule has 1 aliphatic carbocycles. The summed E-state index contributed by atoms with van der Waals surface area (Å²) in [6.45, 7) is 4.68. The maximum Gasteiger partial charge on any atom is 0.310 e. The number of hydrazine groups is 1. The molecular formula is C42H50N6O7. The van der Waals surface area contributed by atoms with Crippen molar-refractivity contribution in [2.24, 2.45) is 23.4 Å². The predicted molar refractivity (Wildman–Crippen MR) is 204 cm³/mol. The zero-order chi connectivity index (χ0) is 39.2. The number of nitrogens with two attached hydrogens (primary N) is 2. The molecule has 3 atom stereocenters. The van der Waals surface area contributed by atoms with E-state index in [-0.39, 0.29) is 37.6 Å². The maximum atomic E-state index is 15.0. The number of methoxy groups -OCH3 is 2. The van der Waals surface area contributed by atoms with Crippen LogP contribution in [0.2, 0.25) is 0 Å². The van der Waals surface area contributed by atoms with Crippen molar-refractivity contribution >= 4 is 17.8 Å². The Morgan fingerprint density at radius 1 is 1.04 bits per heavy atom. The van der Waals surface area contributed by atoms with Crippen LogP contribution in [0, 0.1) is 23.2 Å². The minimum absolute atomic E-state index is 0.00301. The molecule has 2 unspecified atom stereocenters. The van der Waals surface area contributed by atoms with Crippen molar-refractivity contribution in [1.82, 2.24) is 14.8 Å². The topological polar surface area (TPSA) is 174 Å². The van der Waals surface area contributed by atoms with Gasteiger partial charge in [-0.2, -0.15) is 5.26 Å². The smallest absolute Gasteiger partial charge is 0.310 e. The van der Waals surface area contributed by atoms with E-state index in [1.165, 1.54) is 5.01 Å². The summed E-state index contributed by atoms with van der Waals surface area (Å²) in [7, 11) is 3.11. The summed E-state index contributed by atoms with van der Waals surface area (Å²) >= 11 is 0. The van der Waals surface area contributed by atoms with E-state index >= 15 is 0 Å². The number of hydrogen-bond donors (Lipinski definition) is 2. The highest BCUT2D eigenvalue weighted by atomic mass is 16.5. The molecule has 1 fully saturated rings. The number of nitriles is 1. The number of amides is 2. The molecule has 0 spiro atoms. The van der Waals surface area contributed by atoms with Crippen LogP contribution in [0.5, 0.6) is 17.2 Å². The first-order valence-corrected chi connectivity index (χ1v) is 18.8. The maximum absolute atomic E-state index is 15.0. The fourth-order valence-electron chi connectivity index (χ4n) is 7.86. The van der Waals surface area contributed by atoms with Gasteiger partial charge in [-0.05, 0) is 74.6 Å². The largest absolute Gasteiger partial charge is 0.497 e. The van der Waals surface area contributed by atoms with Crippen molar-refractivity contribution in [3.8, 4) is 23.3 Å². The molecule has 55 heavy (non-hydrogen) atoms. The molecule has 3 aliphatic rings. The predicted octanol–water partition coefficient (Wildman–Crippen LogP) is 4.97. The van der Waals surface area contributed by atoms with Crippen molar-refractivity contribution in [1.29, 1.82) is 5.26 Å². The van der Waals surface area contributed by atoms with Crippen molar-refractivity contribution in [3.05, 3.63) is 99.9 Å². The lowest BCUT2D eigenvalue weighted by Gasteiger charge is -2.43. The Balaban J connectivity index is 1.32. The first-order valence-electron chi connectivity index (χ1n) is 18.8. The van der Waals surface area contributed by atoms with Gasteiger partial charge < -0.3 is 39.5 Å². The summed E-state index contributed by atoms with van der Waals surface area (Å²) in [5.74, 6) is 5.64. The van der Waals surface area contributed by atoms with Gasteiger partial charge in [0.25, 0.3) is 5.91 Å². The molecule has 3 aromatic carbocycles. The summed E-state index contributed by atoms with van der Waals surface area (Å²) in [5, 5.41) is 11.7. The molecular weight excluding hydrogens is 700 g/mol. The average Bonchev–Trinajstić information content (AvgIpc) is 3.52. The molecule has 0 saturated heterocycles. The minimum Gasteiger partial charge on any atom is -0.497 e. The second-order valence-electron chi connectivity index (χ2n) is 14.6. The van der Waals surface area contributed by atoms with Crippen LogP contribution in [0.3, 0.4) is 0 Å². The molecule has 1 saturated carbocycles. The van der Waals surface area contributed by atoms with E-state index in [0.717, 1.165) is 24.0 Å². The van der Waals surface area contributed by atoms with Crippen LogP contribution in [-0.4, -0.2) is 72.6 Å². The molecule has 13 heteroatoms. The van der Waals surface area contributed by atoms with Crippen LogP contribution in [0.25, 0.3) is 0 Å². The van der Waals surface area contributed by atoms with Gasteiger partial charge in [0.2, 0.25) is 5.91 Å². The molecule has 0 aromatic heterocycles. The zero-order valence-electron chi connectivity index (χ0n) is 32.0. The van der Waals surface area contributed by atoms with Gasteiger partial charge in [-0.1, -0.05) is 31.0 Å². The third-order valence-electron chi connectivity index (χ3n) is 10.9. The van der Waals surface area contributed by atoms with Crippen LogP contribution in [-0.2, 0) is 33.9 Å². The Labute approximate surface area is 322 Å². The second-order valence-corrected chi connectivity index (χ2v) is 14.6. The number of carbonyl (C=O) groups is 3. The summed E-state index contributed by atoms with van der Waals surface area (Å²) in [6.07, 6.45) is 4.60. The molecule has 290 valence electrons. The van der Waals surface area contributed by atoms with Crippen molar-refractivity contribution in [2.45, 2.75) is 71.2 Å². The van der Waals surface area contributed by atoms with E-state index in [1.807, 2.05) is 38.1 Å². The average molecular weight is 751 g/mol. The van der Waals surface area contributed by atoms with E-state index in [1.54, 1.807) is 60.6 Å². The fraction of sp³-hybridized carbons (Fsp3) is 0.429. The number of carbonyl (C=O) groups excluding carboxylic acids is 3. The lowest BCUT2D eigenvalue weighted by Crippen LogP contribution is -2.50. The first kappa shape index (κ1) is 39.0. The molecule has 2 aliphatic heterocycles. The molecule has 13 nitrogen and oxygen atoms in total. The molecule has 4 N–H and O–H groups in total. The van der Waals surface area contributed by atoms with Crippen molar-refractivity contribution in [2.75, 3.05) is 33.9 Å². The van der Waals surface area contributed by atoms with Gasteiger partial charge in [-0.15, -0.1) is 0 Å². The third-order valence-corrected chi connectivity index (χ3v) is 10.9. The van der Waals surface area contributed by atoms with Gasteiger partial charge in [-0.25, -0.2) is 5.84 Å². The molecule has 3 aromatic rings. The standard InChI is InChI=1S/C42H50N6O7/c1-26(2)48(45)22-30(44)25-54-37-16-14-27(20-43)32-17-18-47(36(39(32)37)23-46-21-28-9-5-6-10-33(28)40(46)49)41(50)34-11-7-8-12-35(34)42(51)55-24-29-13-15-31(52-3)19-38(29)53-4/h5-6,9-10,13-16,19,22,26,34-36H,7-8,11-12,17-18,21,23-25,44-45H2,1-4H3/b30-22-/t34?,35?,36-/m1/s1. The van der Waals surface area contributed by atoms with Crippen LogP contribution in [0.15, 0.2) is 66.5 Å². The Hall–Kier alpha value is -5.74.